The largest absolute Gasteiger partial charge is 0.354 e. The summed E-state index contributed by atoms with van der Waals surface area (Å²) in [4.78, 5) is 2.33. The SMILES string of the molecule is c1ccc2c(N3CCCCC3)noc2c1. The van der Waals surface area contributed by atoms with Crippen LogP contribution in [0.3, 0.4) is 0 Å². The Morgan fingerprint density at radius 1 is 1.07 bits per heavy atom. The smallest absolute Gasteiger partial charge is 0.179 e. The highest BCUT2D eigenvalue weighted by Crippen LogP contribution is 2.27. The van der Waals surface area contributed by atoms with E-state index in [1.807, 2.05) is 18.2 Å². The van der Waals surface area contributed by atoms with Gasteiger partial charge in [0.25, 0.3) is 0 Å². The maximum Gasteiger partial charge on any atom is 0.179 e. The second-order valence-electron chi connectivity index (χ2n) is 4.05. The van der Waals surface area contributed by atoms with Crippen molar-refractivity contribution in [1.82, 2.24) is 5.16 Å². The van der Waals surface area contributed by atoms with Crippen molar-refractivity contribution in [2.45, 2.75) is 19.3 Å². The first-order chi connectivity index (χ1) is 7.45. The van der Waals surface area contributed by atoms with Crippen LogP contribution in [-0.2, 0) is 0 Å². The quantitative estimate of drug-likeness (QED) is 0.712. The average molecular weight is 202 g/mol. The van der Waals surface area contributed by atoms with E-state index in [-0.39, 0.29) is 0 Å². The molecule has 0 aliphatic carbocycles. The van der Waals surface area contributed by atoms with Crippen LogP contribution in [0.15, 0.2) is 28.8 Å². The third-order valence-electron chi connectivity index (χ3n) is 3.01. The first-order valence-electron chi connectivity index (χ1n) is 5.54. The van der Waals surface area contributed by atoms with E-state index in [9.17, 15) is 0 Å². The molecular formula is C12H14N2O. The summed E-state index contributed by atoms with van der Waals surface area (Å²) in [5, 5.41) is 5.31. The van der Waals surface area contributed by atoms with Gasteiger partial charge in [0, 0.05) is 13.1 Å². The van der Waals surface area contributed by atoms with Crippen molar-refractivity contribution in [2.75, 3.05) is 18.0 Å². The Morgan fingerprint density at radius 2 is 1.87 bits per heavy atom. The number of hydrogen-bond donors (Lipinski definition) is 0. The Morgan fingerprint density at radius 3 is 2.73 bits per heavy atom. The number of nitrogens with zero attached hydrogens (tertiary/aromatic N) is 2. The summed E-state index contributed by atoms with van der Waals surface area (Å²) in [6.07, 6.45) is 3.87. The second-order valence-corrected chi connectivity index (χ2v) is 4.05. The summed E-state index contributed by atoms with van der Waals surface area (Å²) in [7, 11) is 0. The second kappa shape index (κ2) is 3.57. The zero-order valence-electron chi connectivity index (χ0n) is 8.65. The third-order valence-corrected chi connectivity index (χ3v) is 3.01. The fourth-order valence-corrected chi connectivity index (χ4v) is 2.21. The van der Waals surface area contributed by atoms with Gasteiger partial charge in [0.2, 0.25) is 0 Å². The summed E-state index contributed by atoms with van der Waals surface area (Å²) < 4.78 is 5.31. The summed E-state index contributed by atoms with van der Waals surface area (Å²) >= 11 is 0. The van der Waals surface area contributed by atoms with Crippen LogP contribution in [0.4, 0.5) is 5.82 Å². The van der Waals surface area contributed by atoms with Gasteiger partial charge < -0.3 is 9.42 Å². The molecule has 1 saturated heterocycles. The normalized spacial score (nSPS) is 17.2. The molecule has 0 bridgehead atoms. The van der Waals surface area contributed by atoms with Crippen molar-refractivity contribution < 1.29 is 4.52 Å². The van der Waals surface area contributed by atoms with Crippen molar-refractivity contribution in [3.63, 3.8) is 0 Å². The van der Waals surface area contributed by atoms with Crippen molar-refractivity contribution in [2.24, 2.45) is 0 Å². The van der Waals surface area contributed by atoms with Gasteiger partial charge in [-0.25, -0.2) is 0 Å². The fraction of sp³-hybridized carbons (Fsp3) is 0.417. The van der Waals surface area contributed by atoms with Crippen LogP contribution in [0.2, 0.25) is 0 Å². The fourth-order valence-electron chi connectivity index (χ4n) is 2.21. The predicted octanol–water partition coefficient (Wildman–Crippen LogP) is 2.82. The molecular weight excluding hydrogens is 188 g/mol. The van der Waals surface area contributed by atoms with Crippen LogP contribution in [0.1, 0.15) is 19.3 Å². The molecule has 1 aliphatic rings. The Balaban J connectivity index is 2.02. The molecule has 0 N–H and O–H groups in total. The average Bonchev–Trinajstić information content (AvgIpc) is 2.74. The molecule has 15 heavy (non-hydrogen) atoms. The monoisotopic (exact) mass is 202 g/mol. The first kappa shape index (κ1) is 8.77. The molecule has 1 aliphatic heterocycles. The summed E-state index contributed by atoms with van der Waals surface area (Å²) in [6, 6.07) is 8.06. The van der Waals surface area contributed by atoms with Crippen molar-refractivity contribution in [3.8, 4) is 0 Å². The Labute approximate surface area is 88.7 Å². The van der Waals surface area contributed by atoms with Gasteiger partial charge in [-0.05, 0) is 31.4 Å². The lowest BCUT2D eigenvalue weighted by molar-refractivity contribution is 0.450. The molecule has 3 rings (SSSR count). The van der Waals surface area contributed by atoms with E-state index in [0.717, 1.165) is 29.9 Å². The highest BCUT2D eigenvalue weighted by molar-refractivity contribution is 5.88. The molecule has 0 amide bonds. The van der Waals surface area contributed by atoms with Crippen LogP contribution in [0, 0.1) is 0 Å². The first-order valence-corrected chi connectivity index (χ1v) is 5.54. The molecule has 3 nitrogen and oxygen atoms in total. The maximum atomic E-state index is 5.31. The van der Waals surface area contributed by atoms with E-state index in [2.05, 4.69) is 16.1 Å². The Hall–Kier alpha value is -1.51. The molecule has 0 saturated carbocycles. The van der Waals surface area contributed by atoms with Gasteiger partial charge in [0.1, 0.15) is 0 Å². The van der Waals surface area contributed by atoms with Crippen LogP contribution >= 0.6 is 0 Å². The van der Waals surface area contributed by atoms with Gasteiger partial charge in [0.15, 0.2) is 11.4 Å². The molecule has 2 heterocycles. The van der Waals surface area contributed by atoms with E-state index in [1.165, 1.54) is 19.3 Å². The van der Waals surface area contributed by atoms with Crippen LogP contribution in [0.5, 0.6) is 0 Å². The lowest BCUT2D eigenvalue weighted by atomic mass is 10.1. The van der Waals surface area contributed by atoms with Gasteiger partial charge in [-0.3, -0.25) is 0 Å². The lowest BCUT2D eigenvalue weighted by Gasteiger charge is -2.26. The van der Waals surface area contributed by atoms with Gasteiger partial charge >= 0.3 is 0 Å². The third kappa shape index (κ3) is 1.48. The number of anilines is 1. The molecule has 1 aromatic carbocycles. The molecule has 2 aromatic rings. The van der Waals surface area contributed by atoms with E-state index < -0.39 is 0 Å². The maximum absolute atomic E-state index is 5.31. The van der Waals surface area contributed by atoms with Crippen LogP contribution in [0.25, 0.3) is 11.0 Å². The summed E-state index contributed by atoms with van der Waals surface area (Å²) in [5.41, 5.74) is 0.887. The standard InChI is InChI=1S/C12H14N2O/c1-4-8-14(9-5-1)12-10-6-2-3-7-11(10)15-13-12/h2-3,6-7H,1,4-5,8-9H2. The molecule has 0 atom stereocenters. The van der Waals surface area contributed by atoms with Crippen molar-refractivity contribution in [1.29, 1.82) is 0 Å². The van der Waals surface area contributed by atoms with E-state index in [0.29, 0.717) is 0 Å². The number of fused-ring (bicyclic) bond motifs is 1. The Kier molecular flexibility index (Phi) is 2.09. The zero-order valence-corrected chi connectivity index (χ0v) is 8.65. The number of para-hydroxylation sites is 1. The molecule has 0 radical (unpaired) electrons. The zero-order chi connectivity index (χ0) is 10.1. The van der Waals surface area contributed by atoms with Gasteiger partial charge in [-0.1, -0.05) is 17.3 Å². The topological polar surface area (TPSA) is 29.3 Å². The number of aromatic nitrogens is 1. The minimum absolute atomic E-state index is 0.887. The number of benzene rings is 1. The van der Waals surface area contributed by atoms with E-state index in [4.69, 9.17) is 4.52 Å². The van der Waals surface area contributed by atoms with Gasteiger partial charge in [-0.15, -0.1) is 0 Å². The molecule has 3 heteroatoms. The van der Waals surface area contributed by atoms with E-state index in [1.54, 1.807) is 0 Å². The molecule has 1 fully saturated rings. The minimum Gasteiger partial charge on any atom is -0.354 e. The summed E-state index contributed by atoms with van der Waals surface area (Å²) in [6.45, 7) is 2.22. The lowest BCUT2D eigenvalue weighted by Crippen LogP contribution is -2.29. The highest BCUT2D eigenvalue weighted by Gasteiger charge is 2.17. The summed E-state index contributed by atoms with van der Waals surface area (Å²) in [5.74, 6) is 1.02. The molecule has 1 aromatic heterocycles. The highest BCUT2D eigenvalue weighted by atomic mass is 16.5. The molecule has 0 spiro atoms. The predicted molar refractivity (Wildman–Crippen MR) is 60.1 cm³/mol. The van der Waals surface area contributed by atoms with Crippen molar-refractivity contribution >= 4 is 16.8 Å². The van der Waals surface area contributed by atoms with Gasteiger partial charge in [0.05, 0.1) is 5.39 Å². The molecule has 78 valence electrons. The number of rotatable bonds is 1. The minimum atomic E-state index is 0.887. The number of hydrogen-bond acceptors (Lipinski definition) is 3. The van der Waals surface area contributed by atoms with Crippen molar-refractivity contribution in [3.05, 3.63) is 24.3 Å². The Bertz CT molecular complexity index is 457. The number of piperidine rings is 1. The molecule has 0 unspecified atom stereocenters. The van der Waals surface area contributed by atoms with Crippen LogP contribution < -0.4 is 4.90 Å². The van der Waals surface area contributed by atoms with E-state index >= 15 is 0 Å². The van der Waals surface area contributed by atoms with Gasteiger partial charge in [-0.2, -0.15) is 0 Å². The van der Waals surface area contributed by atoms with Crippen LogP contribution in [-0.4, -0.2) is 18.2 Å².